The average molecular weight is 358 g/mol. The summed E-state index contributed by atoms with van der Waals surface area (Å²) in [6, 6.07) is 20.0. The molecular weight excluding hydrogens is 336 g/mol. The molecule has 1 fully saturated rings. The summed E-state index contributed by atoms with van der Waals surface area (Å²) in [6.45, 7) is 2.72. The molecule has 3 aromatic rings. The Morgan fingerprint density at radius 2 is 1.78 bits per heavy atom. The number of amides is 1. The summed E-state index contributed by atoms with van der Waals surface area (Å²) >= 11 is 0. The van der Waals surface area contributed by atoms with Crippen LogP contribution in [0, 0.1) is 6.92 Å². The number of anilines is 1. The lowest BCUT2D eigenvalue weighted by atomic mass is 10.1. The summed E-state index contributed by atoms with van der Waals surface area (Å²) in [6.07, 6.45) is 2.08. The Kier molecular flexibility index (Phi) is 4.83. The Balaban J connectivity index is 1.62. The van der Waals surface area contributed by atoms with E-state index in [9.17, 15) is 4.79 Å². The number of hydrogen-bond acceptors (Lipinski definition) is 4. The van der Waals surface area contributed by atoms with Crippen LogP contribution in [0.1, 0.15) is 34.5 Å². The Morgan fingerprint density at radius 1 is 1.04 bits per heavy atom. The van der Waals surface area contributed by atoms with Crippen LogP contribution in [0.2, 0.25) is 0 Å². The van der Waals surface area contributed by atoms with E-state index in [2.05, 4.69) is 39.7 Å². The van der Waals surface area contributed by atoms with E-state index in [-0.39, 0.29) is 11.9 Å². The van der Waals surface area contributed by atoms with Gasteiger partial charge < -0.3 is 10.6 Å². The van der Waals surface area contributed by atoms with Crippen molar-refractivity contribution in [3.05, 3.63) is 77.5 Å². The van der Waals surface area contributed by atoms with Gasteiger partial charge in [0.05, 0.1) is 0 Å². The summed E-state index contributed by atoms with van der Waals surface area (Å²) in [7, 11) is 0. The van der Waals surface area contributed by atoms with Gasteiger partial charge in [-0.15, -0.1) is 0 Å². The highest BCUT2D eigenvalue weighted by molar-refractivity contribution is 5.93. The highest BCUT2D eigenvalue weighted by Crippen LogP contribution is 2.21. The molecule has 1 heterocycles. The second-order valence-electron chi connectivity index (χ2n) is 6.86. The minimum atomic E-state index is -0.143. The molecule has 1 aliphatic carbocycles. The lowest BCUT2D eigenvalue weighted by Gasteiger charge is -2.11. The minimum absolute atomic E-state index is 0.143. The normalized spacial score (nSPS) is 13.2. The van der Waals surface area contributed by atoms with Crippen molar-refractivity contribution in [2.75, 3.05) is 5.32 Å². The van der Waals surface area contributed by atoms with Crippen LogP contribution in [0.5, 0.6) is 0 Å². The molecule has 1 saturated carbocycles. The van der Waals surface area contributed by atoms with Gasteiger partial charge in [-0.05, 0) is 30.9 Å². The molecule has 0 radical (unpaired) electrons. The molecule has 1 aromatic heterocycles. The Morgan fingerprint density at radius 3 is 2.52 bits per heavy atom. The smallest absolute Gasteiger partial charge is 0.270 e. The molecule has 1 amide bonds. The highest BCUT2D eigenvalue weighted by atomic mass is 16.2. The van der Waals surface area contributed by atoms with Crippen molar-refractivity contribution in [3.63, 3.8) is 0 Å². The van der Waals surface area contributed by atoms with Crippen molar-refractivity contribution >= 4 is 11.7 Å². The standard InChI is InChI=1S/C22H22N4O/c1-15-7-5-6-10-17(15)14-23-20-13-19(22(27)24-18-11-12-18)25-21(26-20)16-8-3-2-4-9-16/h2-10,13,18H,11-12,14H2,1H3,(H,24,27)(H,23,25,26). The zero-order valence-corrected chi connectivity index (χ0v) is 15.3. The largest absolute Gasteiger partial charge is 0.366 e. The number of aryl methyl sites for hydroxylation is 1. The van der Waals surface area contributed by atoms with E-state index in [0.717, 1.165) is 18.4 Å². The van der Waals surface area contributed by atoms with Crippen LogP contribution < -0.4 is 10.6 Å². The summed E-state index contributed by atoms with van der Waals surface area (Å²) in [5.74, 6) is 1.05. The third-order valence-corrected chi connectivity index (χ3v) is 4.62. The number of nitrogens with one attached hydrogen (secondary N) is 2. The fourth-order valence-corrected chi connectivity index (χ4v) is 2.85. The van der Waals surface area contributed by atoms with Gasteiger partial charge in [0.1, 0.15) is 11.5 Å². The number of carbonyl (C=O) groups excluding carboxylic acids is 1. The van der Waals surface area contributed by atoms with E-state index in [1.165, 1.54) is 11.1 Å². The maximum atomic E-state index is 12.5. The second-order valence-corrected chi connectivity index (χ2v) is 6.86. The minimum Gasteiger partial charge on any atom is -0.366 e. The first-order chi connectivity index (χ1) is 13.2. The zero-order valence-electron chi connectivity index (χ0n) is 15.3. The van der Waals surface area contributed by atoms with E-state index < -0.39 is 0 Å². The van der Waals surface area contributed by atoms with E-state index in [1.807, 2.05) is 42.5 Å². The molecule has 0 bridgehead atoms. The highest BCUT2D eigenvalue weighted by Gasteiger charge is 2.25. The molecule has 136 valence electrons. The van der Waals surface area contributed by atoms with Gasteiger partial charge in [0.15, 0.2) is 5.82 Å². The molecule has 27 heavy (non-hydrogen) atoms. The first-order valence-electron chi connectivity index (χ1n) is 9.23. The van der Waals surface area contributed by atoms with Crippen LogP contribution in [0.3, 0.4) is 0 Å². The lowest BCUT2D eigenvalue weighted by Crippen LogP contribution is -2.26. The molecule has 0 unspecified atom stereocenters. The van der Waals surface area contributed by atoms with Crippen molar-refractivity contribution in [3.8, 4) is 11.4 Å². The lowest BCUT2D eigenvalue weighted by molar-refractivity contribution is 0.0946. The zero-order chi connectivity index (χ0) is 18.6. The van der Waals surface area contributed by atoms with Gasteiger partial charge in [-0.3, -0.25) is 4.79 Å². The van der Waals surface area contributed by atoms with Gasteiger partial charge in [0, 0.05) is 24.2 Å². The van der Waals surface area contributed by atoms with Crippen LogP contribution in [-0.4, -0.2) is 21.9 Å². The fourth-order valence-electron chi connectivity index (χ4n) is 2.85. The van der Waals surface area contributed by atoms with Gasteiger partial charge in [-0.25, -0.2) is 9.97 Å². The molecule has 0 atom stereocenters. The summed E-state index contributed by atoms with van der Waals surface area (Å²) in [5.41, 5.74) is 3.69. The van der Waals surface area contributed by atoms with Crippen molar-refractivity contribution in [2.45, 2.75) is 32.4 Å². The predicted octanol–water partition coefficient (Wildman–Crippen LogP) is 3.96. The average Bonchev–Trinajstić information content (AvgIpc) is 3.52. The molecule has 5 heteroatoms. The molecule has 0 saturated heterocycles. The molecule has 0 spiro atoms. The maximum absolute atomic E-state index is 12.5. The number of nitrogens with zero attached hydrogens (tertiary/aromatic N) is 2. The third kappa shape index (κ3) is 4.31. The Bertz CT molecular complexity index is 952. The molecular formula is C22H22N4O. The number of rotatable bonds is 6. The maximum Gasteiger partial charge on any atom is 0.270 e. The molecule has 4 rings (SSSR count). The Labute approximate surface area is 158 Å². The van der Waals surface area contributed by atoms with Crippen molar-refractivity contribution in [1.82, 2.24) is 15.3 Å². The monoisotopic (exact) mass is 358 g/mol. The molecule has 1 aliphatic rings. The number of aromatic nitrogens is 2. The van der Waals surface area contributed by atoms with Crippen molar-refractivity contribution in [1.29, 1.82) is 0 Å². The summed E-state index contributed by atoms with van der Waals surface area (Å²) in [5, 5.41) is 6.35. The number of hydrogen-bond donors (Lipinski definition) is 2. The van der Waals surface area contributed by atoms with Gasteiger partial charge in [-0.2, -0.15) is 0 Å². The van der Waals surface area contributed by atoms with Crippen LogP contribution in [0.4, 0.5) is 5.82 Å². The van der Waals surface area contributed by atoms with Gasteiger partial charge in [0.2, 0.25) is 0 Å². The van der Waals surface area contributed by atoms with E-state index in [0.29, 0.717) is 23.9 Å². The van der Waals surface area contributed by atoms with E-state index >= 15 is 0 Å². The third-order valence-electron chi connectivity index (χ3n) is 4.62. The van der Waals surface area contributed by atoms with Crippen LogP contribution in [0.25, 0.3) is 11.4 Å². The fraction of sp³-hybridized carbons (Fsp3) is 0.227. The molecule has 0 aliphatic heterocycles. The number of benzene rings is 2. The van der Waals surface area contributed by atoms with Crippen LogP contribution >= 0.6 is 0 Å². The first-order valence-corrected chi connectivity index (χ1v) is 9.23. The van der Waals surface area contributed by atoms with Gasteiger partial charge in [-0.1, -0.05) is 54.6 Å². The van der Waals surface area contributed by atoms with E-state index in [1.54, 1.807) is 6.07 Å². The number of carbonyl (C=O) groups is 1. The van der Waals surface area contributed by atoms with E-state index in [4.69, 9.17) is 0 Å². The summed E-state index contributed by atoms with van der Waals surface area (Å²) < 4.78 is 0. The predicted molar refractivity (Wildman–Crippen MR) is 106 cm³/mol. The SMILES string of the molecule is Cc1ccccc1CNc1cc(C(=O)NC2CC2)nc(-c2ccccc2)n1. The van der Waals surface area contributed by atoms with Crippen molar-refractivity contribution in [2.24, 2.45) is 0 Å². The quantitative estimate of drug-likeness (QED) is 0.700. The summed E-state index contributed by atoms with van der Waals surface area (Å²) in [4.78, 5) is 21.6. The molecule has 2 N–H and O–H groups in total. The topological polar surface area (TPSA) is 66.9 Å². The molecule has 5 nitrogen and oxygen atoms in total. The first kappa shape index (κ1) is 17.2. The van der Waals surface area contributed by atoms with Crippen LogP contribution in [0.15, 0.2) is 60.7 Å². The Hall–Kier alpha value is -3.21. The van der Waals surface area contributed by atoms with Crippen LogP contribution in [-0.2, 0) is 6.54 Å². The van der Waals surface area contributed by atoms with Gasteiger partial charge in [0.25, 0.3) is 5.91 Å². The van der Waals surface area contributed by atoms with Gasteiger partial charge >= 0.3 is 0 Å². The second kappa shape index (κ2) is 7.58. The van der Waals surface area contributed by atoms with Crippen molar-refractivity contribution < 1.29 is 4.79 Å². The molecule has 2 aromatic carbocycles.